The van der Waals surface area contributed by atoms with Crippen LogP contribution in [0.1, 0.15) is 40.0 Å². The fourth-order valence-corrected chi connectivity index (χ4v) is 2.04. The van der Waals surface area contributed by atoms with Gasteiger partial charge in [0, 0.05) is 13.7 Å². The quantitative estimate of drug-likeness (QED) is 0.536. The SMILES string of the molecule is CCNCC(CCCOCCOC)CC(C)C. The molecule has 1 N–H and O–H groups in total. The van der Waals surface area contributed by atoms with E-state index in [1.54, 1.807) is 7.11 Å². The summed E-state index contributed by atoms with van der Waals surface area (Å²) >= 11 is 0. The van der Waals surface area contributed by atoms with Crippen LogP contribution in [0.4, 0.5) is 0 Å². The molecule has 0 aliphatic rings. The van der Waals surface area contributed by atoms with Crippen LogP contribution in [-0.2, 0) is 9.47 Å². The molecular formula is C14H31NO2. The normalized spacial score (nSPS) is 13.2. The van der Waals surface area contributed by atoms with Gasteiger partial charge in [-0.1, -0.05) is 20.8 Å². The molecule has 0 saturated heterocycles. The molecule has 0 saturated carbocycles. The number of hydrogen-bond acceptors (Lipinski definition) is 3. The lowest BCUT2D eigenvalue weighted by atomic mass is 9.93. The molecule has 17 heavy (non-hydrogen) atoms. The third-order valence-corrected chi connectivity index (χ3v) is 2.82. The van der Waals surface area contributed by atoms with Crippen LogP contribution in [0.5, 0.6) is 0 Å². The molecule has 0 spiro atoms. The lowest BCUT2D eigenvalue weighted by molar-refractivity contribution is 0.0668. The Labute approximate surface area is 107 Å². The van der Waals surface area contributed by atoms with Gasteiger partial charge in [-0.05, 0) is 44.2 Å². The smallest absolute Gasteiger partial charge is 0.0700 e. The van der Waals surface area contributed by atoms with Gasteiger partial charge in [0.15, 0.2) is 0 Å². The van der Waals surface area contributed by atoms with Gasteiger partial charge in [0.2, 0.25) is 0 Å². The van der Waals surface area contributed by atoms with E-state index >= 15 is 0 Å². The topological polar surface area (TPSA) is 30.5 Å². The first-order valence-corrected chi connectivity index (χ1v) is 6.98. The van der Waals surface area contributed by atoms with Crippen molar-refractivity contribution >= 4 is 0 Å². The molecule has 0 aliphatic heterocycles. The lowest BCUT2D eigenvalue weighted by Gasteiger charge is -2.19. The zero-order valence-electron chi connectivity index (χ0n) is 12.1. The summed E-state index contributed by atoms with van der Waals surface area (Å²) in [6.45, 7) is 11.3. The van der Waals surface area contributed by atoms with Gasteiger partial charge in [0.05, 0.1) is 13.2 Å². The molecule has 104 valence electrons. The van der Waals surface area contributed by atoms with E-state index in [0.717, 1.165) is 44.6 Å². The van der Waals surface area contributed by atoms with Crippen molar-refractivity contribution in [2.75, 3.05) is 40.0 Å². The zero-order valence-corrected chi connectivity index (χ0v) is 12.1. The molecule has 3 heteroatoms. The highest BCUT2D eigenvalue weighted by Gasteiger charge is 2.10. The molecule has 0 amide bonds. The highest BCUT2D eigenvalue weighted by Crippen LogP contribution is 2.16. The molecule has 0 rings (SSSR count). The average Bonchev–Trinajstić information content (AvgIpc) is 2.29. The van der Waals surface area contributed by atoms with Crippen molar-refractivity contribution in [2.24, 2.45) is 11.8 Å². The van der Waals surface area contributed by atoms with Gasteiger partial charge < -0.3 is 14.8 Å². The van der Waals surface area contributed by atoms with E-state index in [4.69, 9.17) is 9.47 Å². The highest BCUT2D eigenvalue weighted by molar-refractivity contribution is 4.64. The standard InChI is InChI=1S/C14H31NO2/c1-5-15-12-14(11-13(2)3)7-6-8-17-10-9-16-4/h13-15H,5-12H2,1-4H3. The Morgan fingerprint density at radius 1 is 1.12 bits per heavy atom. The predicted molar refractivity (Wildman–Crippen MR) is 73.4 cm³/mol. The minimum absolute atomic E-state index is 0.701. The zero-order chi connectivity index (χ0) is 12.9. The molecule has 0 bridgehead atoms. The van der Waals surface area contributed by atoms with E-state index in [1.165, 1.54) is 12.8 Å². The van der Waals surface area contributed by atoms with Crippen LogP contribution < -0.4 is 5.32 Å². The van der Waals surface area contributed by atoms with Gasteiger partial charge in [-0.15, -0.1) is 0 Å². The molecule has 0 heterocycles. The van der Waals surface area contributed by atoms with Gasteiger partial charge in [-0.3, -0.25) is 0 Å². The van der Waals surface area contributed by atoms with E-state index in [9.17, 15) is 0 Å². The van der Waals surface area contributed by atoms with Crippen LogP contribution in [0.2, 0.25) is 0 Å². The van der Waals surface area contributed by atoms with Crippen LogP contribution in [-0.4, -0.2) is 40.0 Å². The molecule has 0 radical (unpaired) electrons. The fraction of sp³-hybridized carbons (Fsp3) is 1.00. The molecule has 0 aromatic rings. The van der Waals surface area contributed by atoms with Crippen molar-refractivity contribution in [3.05, 3.63) is 0 Å². The first-order chi connectivity index (χ1) is 8.20. The van der Waals surface area contributed by atoms with E-state index < -0.39 is 0 Å². The Balaban J connectivity index is 3.53. The largest absolute Gasteiger partial charge is 0.382 e. The minimum Gasteiger partial charge on any atom is -0.382 e. The fourth-order valence-electron chi connectivity index (χ4n) is 2.04. The predicted octanol–water partition coefficient (Wildman–Crippen LogP) is 2.70. The Bertz CT molecular complexity index is 151. The molecule has 0 fully saturated rings. The number of rotatable bonds is 12. The van der Waals surface area contributed by atoms with Crippen molar-refractivity contribution in [3.63, 3.8) is 0 Å². The minimum atomic E-state index is 0.701. The number of ether oxygens (including phenoxy) is 2. The first kappa shape index (κ1) is 16.9. The summed E-state index contributed by atoms with van der Waals surface area (Å²) in [6, 6.07) is 0. The van der Waals surface area contributed by atoms with Crippen molar-refractivity contribution in [2.45, 2.75) is 40.0 Å². The first-order valence-electron chi connectivity index (χ1n) is 6.98. The summed E-state index contributed by atoms with van der Waals surface area (Å²) < 4.78 is 10.4. The monoisotopic (exact) mass is 245 g/mol. The summed E-state index contributed by atoms with van der Waals surface area (Å²) in [5, 5.41) is 3.45. The van der Waals surface area contributed by atoms with Crippen LogP contribution in [0.3, 0.4) is 0 Å². The average molecular weight is 245 g/mol. The maximum atomic E-state index is 5.49. The maximum absolute atomic E-state index is 5.49. The molecule has 0 aliphatic carbocycles. The Hall–Kier alpha value is -0.120. The van der Waals surface area contributed by atoms with Crippen LogP contribution >= 0.6 is 0 Å². The maximum Gasteiger partial charge on any atom is 0.0700 e. The van der Waals surface area contributed by atoms with Crippen molar-refractivity contribution in [1.29, 1.82) is 0 Å². The molecule has 1 atom stereocenters. The second-order valence-corrected chi connectivity index (χ2v) is 5.05. The van der Waals surface area contributed by atoms with Gasteiger partial charge in [0.1, 0.15) is 0 Å². The van der Waals surface area contributed by atoms with E-state index in [2.05, 4.69) is 26.1 Å². The van der Waals surface area contributed by atoms with Crippen molar-refractivity contribution in [3.8, 4) is 0 Å². The van der Waals surface area contributed by atoms with Crippen molar-refractivity contribution in [1.82, 2.24) is 5.32 Å². The number of nitrogens with one attached hydrogen (secondary N) is 1. The second kappa shape index (κ2) is 12.3. The van der Waals surface area contributed by atoms with Gasteiger partial charge in [0.25, 0.3) is 0 Å². The van der Waals surface area contributed by atoms with E-state index in [0.29, 0.717) is 6.61 Å². The Morgan fingerprint density at radius 2 is 1.88 bits per heavy atom. The molecule has 0 aromatic heterocycles. The number of methoxy groups -OCH3 is 1. The summed E-state index contributed by atoms with van der Waals surface area (Å²) in [7, 11) is 1.71. The molecule has 3 nitrogen and oxygen atoms in total. The van der Waals surface area contributed by atoms with Crippen LogP contribution in [0.25, 0.3) is 0 Å². The Kier molecular flexibility index (Phi) is 12.3. The summed E-state index contributed by atoms with van der Waals surface area (Å²) in [4.78, 5) is 0. The lowest BCUT2D eigenvalue weighted by Crippen LogP contribution is -2.24. The third-order valence-electron chi connectivity index (χ3n) is 2.82. The van der Waals surface area contributed by atoms with Gasteiger partial charge in [-0.25, -0.2) is 0 Å². The Morgan fingerprint density at radius 3 is 2.47 bits per heavy atom. The van der Waals surface area contributed by atoms with Gasteiger partial charge in [-0.2, -0.15) is 0 Å². The molecular weight excluding hydrogens is 214 g/mol. The van der Waals surface area contributed by atoms with Crippen LogP contribution in [0.15, 0.2) is 0 Å². The van der Waals surface area contributed by atoms with Crippen LogP contribution in [0, 0.1) is 11.8 Å². The molecule has 0 aromatic carbocycles. The summed E-state index contributed by atoms with van der Waals surface area (Å²) in [6.07, 6.45) is 3.73. The summed E-state index contributed by atoms with van der Waals surface area (Å²) in [5.74, 6) is 1.58. The summed E-state index contributed by atoms with van der Waals surface area (Å²) in [5.41, 5.74) is 0. The van der Waals surface area contributed by atoms with Crippen molar-refractivity contribution < 1.29 is 9.47 Å². The van der Waals surface area contributed by atoms with Gasteiger partial charge >= 0.3 is 0 Å². The van der Waals surface area contributed by atoms with E-state index in [1.807, 2.05) is 0 Å². The third kappa shape index (κ3) is 12.1. The van der Waals surface area contributed by atoms with E-state index in [-0.39, 0.29) is 0 Å². The molecule has 1 unspecified atom stereocenters. The number of hydrogen-bond donors (Lipinski definition) is 1. The second-order valence-electron chi connectivity index (χ2n) is 5.05. The highest BCUT2D eigenvalue weighted by atomic mass is 16.5.